The van der Waals surface area contributed by atoms with Gasteiger partial charge in [0.05, 0.1) is 12.2 Å². The monoisotopic (exact) mass is 446 g/mol. The van der Waals surface area contributed by atoms with Crippen molar-refractivity contribution in [2.75, 3.05) is 7.11 Å². The highest BCUT2D eigenvalue weighted by atomic mass is 16.7. The predicted octanol–water partition coefficient (Wildman–Crippen LogP) is 5.30. The van der Waals surface area contributed by atoms with Crippen LogP contribution in [0.2, 0.25) is 0 Å². The van der Waals surface area contributed by atoms with Crippen LogP contribution in [0.4, 0.5) is 0 Å². The summed E-state index contributed by atoms with van der Waals surface area (Å²) in [7, 11) is 1.94. The van der Waals surface area contributed by atoms with Crippen molar-refractivity contribution in [3.63, 3.8) is 0 Å². The van der Waals surface area contributed by atoms with Crippen LogP contribution in [0.25, 0.3) is 0 Å². The number of aliphatic hydroxyl groups is 2. The molecule has 0 unspecified atom stereocenters. The molecular weight excluding hydrogens is 400 g/mol. The number of methoxy groups -OCH3 is 1. The van der Waals surface area contributed by atoms with Gasteiger partial charge in [-0.2, -0.15) is 0 Å². The average Bonchev–Trinajstić information content (AvgIpc) is 3.30. The number of rotatable bonds is 5. The molecule has 32 heavy (non-hydrogen) atoms. The molecule has 1 saturated heterocycles. The molecule has 6 aliphatic rings. The first kappa shape index (κ1) is 22.3. The molecule has 0 aromatic heterocycles. The normalized spacial score (nSPS) is 62.2. The Hall–Kier alpha value is -0.160. The van der Waals surface area contributed by atoms with Gasteiger partial charge in [-0.15, -0.1) is 0 Å². The maximum Gasteiger partial charge on any atom is 0.171 e. The molecule has 4 heteroatoms. The van der Waals surface area contributed by atoms with Crippen molar-refractivity contribution >= 4 is 0 Å². The third-order valence-electron chi connectivity index (χ3n) is 12.9. The zero-order valence-electron chi connectivity index (χ0n) is 21.0. The predicted molar refractivity (Wildman–Crippen MR) is 124 cm³/mol. The van der Waals surface area contributed by atoms with E-state index in [1.165, 1.54) is 25.7 Å². The van der Waals surface area contributed by atoms with Gasteiger partial charge in [0.15, 0.2) is 5.79 Å². The first-order valence-corrected chi connectivity index (χ1v) is 13.8. The van der Waals surface area contributed by atoms with Gasteiger partial charge in [0.2, 0.25) is 0 Å². The molecular formula is C28H46O4. The summed E-state index contributed by atoms with van der Waals surface area (Å²) in [5, 5.41) is 23.8. The van der Waals surface area contributed by atoms with E-state index in [1.54, 1.807) is 0 Å². The molecule has 182 valence electrons. The molecule has 0 bridgehead atoms. The van der Waals surface area contributed by atoms with Crippen molar-refractivity contribution < 1.29 is 19.7 Å². The fourth-order valence-corrected chi connectivity index (χ4v) is 11.1. The SMILES string of the molecule is CCCCC[C@@]1(O)O[C@H]2C[C@H]3[C@@H]4C[C@@H](OC)[C@]56C[C@H]5CC[C@]6(C)[C@H]4CC[C@]3(C)[C@@]2(O)[C@@H]1C. The van der Waals surface area contributed by atoms with Gasteiger partial charge < -0.3 is 19.7 Å². The van der Waals surface area contributed by atoms with E-state index in [1.807, 2.05) is 7.11 Å². The van der Waals surface area contributed by atoms with Gasteiger partial charge in [-0.3, -0.25) is 0 Å². The van der Waals surface area contributed by atoms with Crippen LogP contribution in [-0.2, 0) is 9.47 Å². The summed E-state index contributed by atoms with van der Waals surface area (Å²) >= 11 is 0. The Morgan fingerprint density at radius 3 is 2.44 bits per heavy atom. The maximum absolute atomic E-state index is 12.4. The summed E-state index contributed by atoms with van der Waals surface area (Å²) in [6.07, 6.45) is 12.4. The lowest BCUT2D eigenvalue weighted by Crippen LogP contribution is -2.61. The summed E-state index contributed by atoms with van der Waals surface area (Å²) in [5.41, 5.74) is -0.282. The van der Waals surface area contributed by atoms with Gasteiger partial charge in [0, 0.05) is 30.3 Å². The van der Waals surface area contributed by atoms with E-state index in [4.69, 9.17) is 9.47 Å². The van der Waals surface area contributed by atoms with Gasteiger partial charge >= 0.3 is 0 Å². The molecule has 1 aliphatic heterocycles. The molecule has 5 aliphatic carbocycles. The Balaban J connectivity index is 1.31. The van der Waals surface area contributed by atoms with Crippen molar-refractivity contribution in [3.8, 4) is 0 Å². The van der Waals surface area contributed by atoms with Crippen LogP contribution in [0, 0.1) is 45.8 Å². The van der Waals surface area contributed by atoms with Crippen molar-refractivity contribution in [1.29, 1.82) is 0 Å². The molecule has 6 rings (SSSR count). The molecule has 6 fully saturated rings. The van der Waals surface area contributed by atoms with E-state index in [0.717, 1.165) is 50.4 Å². The summed E-state index contributed by atoms with van der Waals surface area (Å²) in [4.78, 5) is 0. The number of unbranched alkanes of at least 4 members (excludes halogenated alkanes) is 2. The lowest BCUT2D eigenvalue weighted by Gasteiger charge is -2.61. The Bertz CT molecular complexity index is 785. The first-order valence-electron chi connectivity index (χ1n) is 13.8. The van der Waals surface area contributed by atoms with Crippen molar-refractivity contribution in [1.82, 2.24) is 0 Å². The van der Waals surface area contributed by atoms with Gasteiger partial charge in [-0.05, 0) is 80.5 Å². The van der Waals surface area contributed by atoms with Gasteiger partial charge in [-0.25, -0.2) is 0 Å². The van der Waals surface area contributed by atoms with Crippen molar-refractivity contribution in [2.45, 2.75) is 122 Å². The fraction of sp³-hybridized carbons (Fsp3) is 1.00. The van der Waals surface area contributed by atoms with Gasteiger partial charge in [0.25, 0.3) is 0 Å². The van der Waals surface area contributed by atoms with Crippen LogP contribution >= 0.6 is 0 Å². The second-order valence-corrected chi connectivity index (χ2v) is 13.4. The molecule has 0 amide bonds. The smallest absolute Gasteiger partial charge is 0.171 e. The van der Waals surface area contributed by atoms with Crippen molar-refractivity contribution in [2.24, 2.45) is 45.8 Å². The van der Waals surface area contributed by atoms with Crippen LogP contribution < -0.4 is 0 Å². The summed E-state index contributed by atoms with van der Waals surface area (Å²) in [6.45, 7) is 9.19. The Morgan fingerprint density at radius 2 is 1.75 bits per heavy atom. The van der Waals surface area contributed by atoms with E-state index in [2.05, 4.69) is 27.7 Å². The minimum atomic E-state index is -1.18. The molecule has 4 nitrogen and oxygen atoms in total. The van der Waals surface area contributed by atoms with E-state index < -0.39 is 11.4 Å². The quantitative estimate of drug-likeness (QED) is 0.563. The Labute approximate surface area is 194 Å². The van der Waals surface area contributed by atoms with Crippen LogP contribution in [0.3, 0.4) is 0 Å². The summed E-state index contributed by atoms with van der Waals surface area (Å²) in [6, 6.07) is 0. The largest absolute Gasteiger partial charge is 0.386 e. The summed E-state index contributed by atoms with van der Waals surface area (Å²) in [5.74, 6) is 1.28. The number of ether oxygens (including phenoxy) is 2. The number of hydrogen-bond acceptors (Lipinski definition) is 4. The zero-order chi connectivity index (χ0) is 22.7. The molecule has 0 aromatic rings. The van der Waals surface area contributed by atoms with Gasteiger partial charge in [0.1, 0.15) is 5.60 Å². The standard InChI is InChI=1S/C28H46O4/c1-6-7-8-11-27(29)17(2)28(30)23(32-27)15-21-19-14-22(31-5)26-16-18(26)9-12-24(26,3)20(19)10-13-25(21,28)4/h17-23,29-30H,6-16H2,1-5H3/t17-,18-,19-,20+,21+,22-,23+,24-,25+,26+,27-,28-/m1/s1. The zero-order valence-corrected chi connectivity index (χ0v) is 21.0. The number of hydrogen-bond donors (Lipinski definition) is 2. The van der Waals surface area contributed by atoms with Crippen LogP contribution in [-0.4, -0.2) is 40.9 Å². The minimum Gasteiger partial charge on any atom is -0.386 e. The highest BCUT2D eigenvalue weighted by Gasteiger charge is 2.80. The lowest BCUT2D eigenvalue weighted by molar-refractivity contribution is -0.227. The highest BCUT2D eigenvalue weighted by molar-refractivity contribution is 5.28. The fourth-order valence-electron chi connectivity index (χ4n) is 11.1. The third kappa shape index (κ3) is 2.30. The van der Waals surface area contributed by atoms with Crippen LogP contribution in [0.15, 0.2) is 0 Å². The third-order valence-corrected chi connectivity index (χ3v) is 12.9. The minimum absolute atomic E-state index is 0.186. The molecule has 5 saturated carbocycles. The Kier molecular flexibility index (Phi) is 4.70. The molecule has 0 aromatic carbocycles. The van der Waals surface area contributed by atoms with Gasteiger partial charge in [-0.1, -0.05) is 40.5 Å². The van der Waals surface area contributed by atoms with Crippen LogP contribution in [0.1, 0.15) is 98.3 Å². The second kappa shape index (κ2) is 6.74. The number of fused-ring (bicyclic) bond motifs is 6. The topological polar surface area (TPSA) is 58.9 Å². The molecule has 1 spiro atoms. The first-order chi connectivity index (χ1) is 15.1. The molecule has 2 N–H and O–H groups in total. The summed E-state index contributed by atoms with van der Waals surface area (Å²) < 4.78 is 12.7. The maximum atomic E-state index is 12.4. The lowest BCUT2D eigenvalue weighted by atomic mass is 9.44. The van der Waals surface area contributed by atoms with E-state index in [9.17, 15) is 10.2 Å². The van der Waals surface area contributed by atoms with Crippen LogP contribution in [0.5, 0.6) is 0 Å². The molecule has 0 radical (unpaired) electrons. The van der Waals surface area contributed by atoms with Crippen molar-refractivity contribution in [3.05, 3.63) is 0 Å². The molecule has 1 heterocycles. The van der Waals surface area contributed by atoms with E-state index in [0.29, 0.717) is 35.2 Å². The van der Waals surface area contributed by atoms with E-state index in [-0.39, 0.29) is 17.4 Å². The molecule has 12 atom stereocenters. The second-order valence-electron chi connectivity index (χ2n) is 13.4. The van der Waals surface area contributed by atoms with E-state index >= 15 is 0 Å². The average molecular weight is 447 g/mol. The Morgan fingerprint density at radius 1 is 1.00 bits per heavy atom. The highest BCUT2D eigenvalue weighted by Crippen LogP contribution is 2.82.